The van der Waals surface area contributed by atoms with Crippen molar-refractivity contribution in [2.24, 2.45) is 5.92 Å². The number of nitrogens with zero attached hydrogens (tertiary/aromatic N) is 4. The molecular weight excluding hydrogens is 310 g/mol. The van der Waals surface area contributed by atoms with E-state index in [0.717, 1.165) is 17.8 Å². The largest absolute Gasteiger partial charge is 0.352 e. The Labute approximate surface area is 140 Å². The van der Waals surface area contributed by atoms with Crippen molar-refractivity contribution in [3.8, 4) is 0 Å². The van der Waals surface area contributed by atoms with Gasteiger partial charge in [0.05, 0.1) is 5.75 Å². The fraction of sp³-hybridized carbons (Fsp3) is 0.625. The lowest BCUT2D eigenvalue weighted by molar-refractivity contribution is -0.119. The predicted molar refractivity (Wildman–Crippen MR) is 90.5 cm³/mol. The smallest absolute Gasteiger partial charge is 0.253 e. The van der Waals surface area contributed by atoms with E-state index >= 15 is 0 Å². The Hall–Kier alpha value is -1.63. The standard InChI is InChI=1S/C16H23N5OS/c1-10-6-4-5-7-13(10)18-14(22)9-23-16-19-15-17-11(2)8-12(3)21(15)20-16/h8,10,13H,4-7,9H2,1-3H3,(H,18,22)/t10-,13+/m0/s1. The van der Waals surface area contributed by atoms with Crippen LogP contribution in [0.2, 0.25) is 0 Å². The average Bonchev–Trinajstić information content (AvgIpc) is 2.91. The molecule has 124 valence electrons. The quantitative estimate of drug-likeness (QED) is 0.871. The van der Waals surface area contributed by atoms with Crippen molar-refractivity contribution < 1.29 is 4.79 Å². The summed E-state index contributed by atoms with van der Waals surface area (Å²) in [5.74, 6) is 1.57. The van der Waals surface area contributed by atoms with Gasteiger partial charge in [-0.1, -0.05) is 31.5 Å². The number of carbonyl (C=O) groups is 1. The molecule has 0 spiro atoms. The number of hydrogen-bond donors (Lipinski definition) is 1. The van der Waals surface area contributed by atoms with Crippen LogP contribution in [0.3, 0.4) is 0 Å². The number of hydrogen-bond acceptors (Lipinski definition) is 5. The molecule has 0 unspecified atom stereocenters. The van der Waals surface area contributed by atoms with Gasteiger partial charge in [0.15, 0.2) is 0 Å². The van der Waals surface area contributed by atoms with Gasteiger partial charge in [-0.15, -0.1) is 5.10 Å². The molecule has 6 nitrogen and oxygen atoms in total. The minimum atomic E-state index is 0.0634. The second-order valence-electron chi connectivity index (χ2n) is 6.37. The number of thioether (sulfide) groups is 1. The molecule has 2 aromatic heterocycles. The topological polar surface area (TPSA) is 72.2 Å². The molecule has 7 heteroatoms. The summed E-state index contributed by atoms with van der Waals surface area (Å²) in [5.41, 5.74) is 1.91. The van der Waals surface area contributed by atoms with E-state index in [9.17, 15) is 4.79 Å². The summed E-state index contributed by atoms with van der Waals surface area (Å²) in [6.45, 7) is 6.13. The lowest BCUT2D eigenvalue weighted by Crippen LogP contribution is -2.41. The van der Waals surface area contributed by atoms with E-state index in [2.05, 4.69) is 27.3 Å². The second kappa shape index (κ2) is 6.86. The third-order valence-corrected chi connectivity index (χ3v) is 5.23. The maximum atomic E-state index is 12.2. The molecule has 1 N–H and O–H groups in total. The predicted octanol–water partition coefficient (Wildman–Crippen LogP) is 2.53. The number of carbonyl (C=O) groups excluding carboxylic acids is 1. The van der Waals surface area contributed by atoms with Crippen molar-refractivity contribution in [3.05, 3.63) is 17.5 Å². The van der Waals surface area contributed by atoms with Crippen LogP contribution in [0.25, 0.3) is 5.78 Å². The number of aromatic nitrogens is 4. The molecule has 0 saturated heterocycles. The monoisotopic (exact) mass is 333 g/mol. The van der Waals surface area contributed by atoms with Crippen LogP contribution in [0.1, 0.15) is 44.0 Å². The van der Waals surface area contributed by atoms with E-state index in [4.69, 9.17) is 0 Å². The van der Waals surface area contributed by atoms with Crippen LogP contribution in [0.15, 0.2) is 11.2 Å². The number of nitrogens with one attached hydrogen (secondary N) is 1. The molecule has 1 amide bonds. The van der Waals surface area contributed by atoms with Gasteiger partial charge in [-0.05, 0) is 38.7 Å². The molecule has 23 heavy (non-hydrogen) atoms. The van der Waals surface area contributed by atoms with Gasteiger partial charge in [-0.3, -0.25) is 4.79 Å². The molecule has 3 rings (SSSR count). The first-order chi connectivity index (χ1) is 11.0. The highest BCUT2D eigenvalue weighted by molar-refractivity contribution is 7.99. The number of aryl methyl sites for hydroxylation is 2. The van der Waals surface area contributed by atoms with Crippen molar-refractivity contribution in [2.75, 3.05) is 5.75 Å². The Morgan fingerprint density at radius 1 is 1.35 bits per heavy atom. The van der Waals surface area contributed by atoms with Crippen LogP contribution in [-0.2, 0) is 4.79 Å². The van der Waals surface area contributed by atoms with Crippen LogP contribution in [0.4, 0.5) is 0 Å². The third-order valence-electron chi connectivity index (χ3n) is 4.39. The maximum absolute atomic E-state index is 12.2. The van der Waals surface area contributed by atoms with Gasteiger partial charge in [0.1, 0.15) is 0 Å². The number of amides is 1. The number of fused-ring (bicyclic) bond motifs is 1. The third kappa shape index (κ3) is 3.83. The minimum Gasteiger partial charge on any atom is -0.352 e. The lowest BCUT2D eigenvalue weighted by atomic mass is 9.86. The zero-order valence-electron chi connectivity index (χ0n) is 13.9. The highest BCUT2D eigenvalue weighted by Gasteiger charge is 2.22. The van der Waals surface area contributed by atoms with Gasteiger partial charge in [-0.25, -0.2) is 9.50 Å². The van der Waals surface area contributed by atoms with Crippen molar-refractivity contribution in [3.63, 3.8) is 0 Å². The Bertz CT molecular complexity index is 714. The highest BCUT2D eigenvalue weighted by atomic mass is 32.2. The molecule has 0 aromatic carbocycles. The van der Waals surface area contributed by atoms with Gasteiger partial charge < -0.3 is 5.32 Å². The summed E-state index contributed by atoms with van der Waals surface area (Å²) in [4.78, 5) is 20.9. The second-order valence-corrected chi connectivity index (χ2v) is 7.31. The van der Waals surface area contributed by atoms with E-state index in [-0.39, 0.29) is 5.91 Å². The summed E-state index contributed by atoms with van der Waals surface area (Å²) in [5, 5.41) is 8.16. The van der Waals surface area contributed by atoms with Crippen molar-refractivity contribution in [2.45, 2.75) is 57.7 Å². The van der Waals surface area contributed by atoms with Crippen molar-refractivity contribution in [1.29, 1.82) is 0 Å². The number of rotatable bonds is 4. The van der Waals surface area contributed by atoms with Crippen LogP contribution in [0.5, 0.6) is 0 Å². The fourth-order valence-electron chi connectivity index (χ4n) is 3.12. The van der Waals surface area contributed by atoms with Gasteiger partial charge in [0, 0.05) is 17.4 Å². The van der Waals surface area contributed by atoms with E-state index in [1.165, 1.54) is 31.0 Å². The van der Waals surface area contributed by atoms with Gasteiger partial charge >= 0.3 is 0 Å². The summed E-state index contributed by atoms with van der Waals surface area (Å²) in [6.07, 6.45) is 4.78. The van der Waals surface area contributed by atoms with E-state index in [1.54, 1.807) is 4.52 Å². The molecule has 0 aliphatic heterocycles. The maximum Gasteiger partial charge on any atom is 0.253 e. The molecule has 0 radical (unpaired) electrons. The fourth-order valence-corrected chi connectivity index (χ4v) is 3.75. The molecular formula is C16H23N5OS. The van der Waals surface area contributed by atoms with Crippen LogP contribution >= 0.6 is 11.8 Å². The molecule has 1 fully saturated rings. The zero-order chi connectivity index (χ0) is 16.4. The highest BCUT2D eigenvalue weighted by Crippen LogP contribution is 2.24. The van der Waals surface area contributed by atoms with Crippen molar-refractivity contribution in [1.82, 2.24) is 24.9 Å². The first kappa shape index (κ1) is 16.2. The summed E-state index contributed by atoms with van der Waals surface area (Å²) in [6, 6.07) is 2.28. The minimum absolute atomic E-state index is 0.0634. The molecule has 0 bridgehead atoms. The van der Waals surface area contributed by atoms with Gasteiger partial charge in [0.25, 0.3) is 5.78 Å². The molecule has 1 aliphatic carbocycles. The lowest BCUT2D eigenvalue weighted by Gasteiger charge is -2.29. The normalized spacial score (nSPS) is 21.5. The zero-order valence-corrected chi connectivity index (χ0v) is 14.7. The van der Waals surface area contributed by atoms with Gasteiger partial charge in [-0.2, -0.15) is 4.98 Å². The van der Waals surface area contributed by atoms with Gasteiger partial charge in [0.2, 0.25) is 11.1 Å². The average molecular weight is 333 g/mol. The Kier molecular flexibility index (Phi) is 4.84. The molecule has 1 saturated carbocycles. The van der Waals surface area contributed by atoms with Crippen molar-refractivity contribution >= 4 is 23.4 Å². The first-order valence-corrected chi connectivity index (χ1v) is 9.14. The Balaban J connectivity index is 1.59. The molecule has 2 aromatic rings. The summed E-state index contributed by atoms with van der Waals surface area (Å²) < 4.78 is 1.72. The van der Waals surface area contributed by atoms with Crippen LogP contribution in [-0.4, -0.2) is 37.3 Å². The Morgan fingerprint density at radius 3 is 2.91 bits per heavy atom. The first-order valence-electron chi connectivity index (χ1n) is 8.16. The van der Waals surface area contributed by atoms with E-state index in [0.29, 0.717) is 28.6 Å². The van der Waals surface area contributed by atoms with Crippen LogP contribution < -0.4 is 5.32 Å². The molecule has 2 heterocycles. The molecule has 2 atom stereocenters. The SMILES string of the molecule is Cc1cc(C)n2nc(SCC(=O)N[C@@H]3CCCC[C@@H]3C)nc2n1. The van der Waals surface area contributed by atoms with Crippen LogP contribution in [0, 0.1) is 19.8 Å². The van der Waals surface area contributed by atoms with E-state index < -0.39 is 0 Å². The van der Waals surface area contributed by atoms with E-state index in [1.807, 2.05) is 19.9 Å². The summed E-state index contributed by atoms with van der Waals surface area (Å²) in [7, 11) is 0. The molecule has 1 aliphatic rings. The summed E-state index contributed by atoms with van der Waals surface area (Å²) >= 11 is 1.36. The Morgan fingerprint density at radius 2 is 2.13 bits per heavy atom.